The van der Waals surface area contributed by atoms with Crippen LogP contribution in [0.1, 0.15) is 26.9 Å². The Hall–Kier alpha value is -0.550. The van der Waals surface area contributed by atoms with E-state index in [0.29, 0.717) is 17.0 Å². The van der Waals surface area contributed by atoms with Crippen LogP contribution in [0, 0.1) is 5.82 Å². The van der Waals surface area contributed by atoms with Crippen molar-refractivity contribution in [3.05, 3.63) is 56.0 Å². The van der Waals surface area contributed by atoms with Crippen LogP contribution >= 0.6 is 34.7 Å². The van der Waals surface area contributed by atoms with E-state index in [0.717, 1.165) is 12.2 Å². The molecule has 0 aliphatic carbocycles. The van der Waals surface area contributed by atoms with E-state index in [1.54, 1.807) is 12.1 Å². The highest BCUT2D eigenvalue weighted by atomic mass is 35.5. The van der Waals surface area contributed by atoms with Crippen molar-refractivity contribution in [1.82, 2.24) is 5.32 Å². The molecule has 0 bridgehead atoms. The van der Waals surface area contributed by atoms with Gasteiger partial charge in [0.1, 0.15) is 5.82 Å². The highest BCUT2D eigenvalue weighted by Gasteiger charge is 2.19. The summed E-state index contributed by atoms with van der Waals surface area (Å²) in [5.74, 6) is 2.13. The SMILES string of the molecule is CNC(Cc1cc(Cl)ccc1F)c1cc2c(s1)CCSC2. The van der Waals surface area contributed by atoms with Gasteiger partial charge in [0, 0.05) is 26.6 Å². The molecule has 21 heavy (non-hydrogen) atoms. The second-order valence-corrected chi connectivity index (χ2v) is 7.89. The molecule has 1 atom stereocenters. The zero-order valence-corrected chi connectivity index (χ0v) is 14.2. The molecule has 0 spiro atoms. The van der Waals surface area contributed by atoms with Gasteiger partial charge < -0.3 is 5.32 Å². The summed E-state index contributed by atoms with van der Waals surface area (Å²) >= 11 is 9.84. The standard InChI is InChI=1S/C16H17ClFNS2/c1-19-14(7-10-6-12(17)2-3-13(10)18)16-8-11-9-20-5-4-15(11)21-16/h2-3,6,8,14,19H,4-5,7,9H2,1H3. The van der Waals surface area contributed by atoms with Gasteiger partial charge >= 0.3 is 0 Å². The molecule has 0 fully saturated rings. The van der Waals surface area contributed by atoms with Crippen molar-refractivity contribution in [2.75, 3.05) is 12.8 Å². The number of halogens is 2. The molecule has 112 valence electrons. The molecule has 1 aromatic heterocycles. The Morgan fingerprint density at radius 2 is 2.24 bits per heavy atom. The number of hydrogen-bond donors (Lipinski definition) is 1. The van der Waals surface area contributed by atoms with Crippen molar-refractivity contribution in [3.8, 4) is 0 Å². The first kappa shape index (κ1) is 15.3. The van der Waals surface area contributed by atoms with Gasteiger partial charge in [-0.25, -0.2) is 4.39 Å². The second-order valence-electron chi connectivity index (χ2n) is 5.18. The number of rotatable bonds is 4. The maximum atomic E-state index is 13.9. The summed E-state index contributed by atoms with van der Waals surface area (Å²) in [5, 5.41) is 3.90. The van der Waals surface area contributed by atoms with Crippen molar-refractivity contribution in [2.24, 2.45) is 0 Å². The highest BCUT2D eigenvalue weighted by Crippen LogP contribution is 2.35. The molecule has 1 aromatic carbocycles. The Morgan fingerprint density at radius 1 is 1.38 bits per heavy atom. The molecule has 1 aliphatic heterocycles. The molecular formula is C16H17ClFNS2. The van der Waals surface area contributed by atoms with E-state index in [1.165, 1.54) is 27.1 Å². The number of fused-ring (bicyclic) bond motifs is 1. The number of likely N-dealkylation sites (N-methyl/N-ethyl adjacent to an activating group) is 1. The number of aryl methyl sites for hydroxylation is 1. The minimum absolute atomic E-state index is 0.138. The van der Waals surface area contributed by atoms with Crippen LogP contribution in [0.25, 0.3) is 0 Å². The van der Waals surface area contributed by atoms with Gasteiger partial charge in [-0.2, -0.15) is 11.8 Å². The van der Waals surface area contributed by atoms with Crippen molar-refractivity contribution in [1.29, 1.82) is 0 Å². The number of hydrogen-bond acceptors (Lipinski definition) is 3. The predicted octanol–water partition coefficient (Wildman–Crippen LogP) is 4.83. The fraction of sp³-hybridized carbons (Fsp3) is 0.375. The minimum atomic E-state index is -0.184. The van der Waals surface area contributed by atoms with E-state index in [-0.39, 0.29) is 11.9 Å². The molecule has 0 amide bonds. The number of thioether (sulfide) groups is 1. The van der Waals surface area contributed by atoms with Gasteiger partial charge in [0.25, 0.3) is 0 Å². The number of nitrogens with one attached hydrogen (secondary N) is 1. The van der Waals surface area contributed by atoms with Crippen LogP contribution < -0.4 is 5.32 Å². The summed E-state index contributed by atoms with van der Waals surface area (Å²) < 4.78 is 13.9. The third-order valence-electron chi connectivity index (χ3n) is 3.77. The van der Waals surface area contributed by atoms with Gasteiger partial charge in [0.15, 0.2) is 0 Å². The summed E-state index contributed by atoms with van der Waals surface area (Å²) in [6.45, 7) is 0. The Balaban J connectivity index is 1.84. The Morgan fingerprint density at radius 3 is 3.00 bits per heavy atom. The topological polar surface area (TPSA) is 12.0 Å². The van der Waals surface area contributed by atoms with E-state index in [4.69, 9.17) is 11.6 Å². The molecule has 0 saturated carbocycles. The third-order valence-corrected chi connectivity index (χ3v) is 6.36. The molecule has 1 unspecified atom stereocenters. The Kier molecular flexibility index (Phi) is 4.89. The van der Waals surface area contributed by atoms with Crippen molar-refractivity contribution >= 4 is 34.7 Å². The Labute approximate surface area is 137 Å². The average molecular weight is 342 g/mol. The molecule has 2 aromatic rings. The van der Waals surface area contributed by atoms with E-state index in [2.05, 4.69) is 11.4 Å². The van der Waals surface area contributed by atoms with Gasteiger partial charge in [-0.15, -0.1) is 11.3 Å². The maximum absolute atomic E-state index is 13.9. The fourth-order valence-electron chi connectivity index (χ4n) is 2.61. The van der Waals surface area contributed by atoms with E-state index >= 15 is 0 Å². The molecule has 2 heterocycles. The van der Waals surface area contributed by atoms with Gasteiger partial charge in [-0.1, -0.05) is 11.6 Å². The van der Waals surface area contributed by atoms with Gasteiger partial charge in [-0.3, -0.25) is 0 Å². The molecule has 5 heteroatoms. The average Bonchev–Trinajstić information content (AvgIpc) is 2.91. The van der Waals surface area contributed by atoms with Crippen molar-refractivity contribution < 1.29 is 4.39 Å². The number of benzene rings is 1. The smallest absolute Gasteiger partial charge is 0.126 e. The first-order chi connectivity index (χ1) is 10.2. The molecule has 1 nitrogen and oxygen atoms in total. The lowest BCUT2D eigenvalue weighted by molar-refractivity contribution is 0.560. The summed E-state index contributed by atoms with van der Waals surface area (Å²) in [6, 6.07) is 7.19. The second kappa shape index (κ2) is 6.69. The van der Waals surface area contributed by atoms with Crippen LogP contribution in [-0.2, 0) is 18.6 Å². The van der Waals surface area contributed by atoms with E-state index < -0.39 is 0 Å². The monoisotopic (exact) mass is 341 g/mol. The fourth-order valence-corrected chi connectivity index (χ4v) is 5.29. The predicted molar refractivity (Wildman–Crippen MR) is 91.1 cm³/mol. The Bertz CT molecular complexity index is 618. The molecule has 0 saturated heterocycles. The lowest BCUT2D eigenvalue weighted by Gasteiger charge is -2.15. The normalized spacial score (nSPS) is 15.8. The van der Waals surface area contributed by atoms with Crippen molar-refractivity contribution in [2.45, 2.75) is 24.6 Å². The molecule has 0 radical (unpaired) electrons. The van der Waals surface area contributed by atoms with Crippen LogP contribution in [0.5, 0.6) is 0 Å². The lowest BCUT2D eigenvalue weighted by Crippen LogP contribution is -2.18. The summed E-state index contributed by atoms with van der Waals surface area (Å²) in [6.07, 6.45) is 1.78. The zero-order valence-electron chi connectivity index (χ0n) is 11.8. The van der Waals surface area contributed by atoms with E-state index in [9.17, 15) is 4.39 Å². The van der Waals surface area contributed by atoms with Gasteiger partial charge in [-0.05, 0) is 61.0 Å². The lowest BCUT2D eigenvalue weighted by atomic mass is 10.0. The summed E-state index contributed by atoms with van der Waals surface area (Å²) in [7, 11) is 1.93. The van der Waals surface area contributed by atoms with Crippen LogP contribution in [-0.4, -0.2) is 12.8 Å². The third kappa shape index (κ3) is 3.45. The van der Waals surface area contributed by atoms with Crippen molar-refractivity contribution in [3.63, 3.8) is 0 Å². The van der Waals surface area contributed by atoms with Crippen LogP contribution in [0.3, 0.4) is 0 Å². The first-order valence-corrected chi connectivity index (χ1v) is 9.32. The largest absolute Gasteiger partial charge is 0.312 e. The maximum Gasteiger partial charge on any atom is 0.126 e. The number of thiophene rings is 1. The molecule has 1 aliphatic rings. The van der Waals surface area contributed by atoms with E-state index in [1.807, 2.05) is 30.1 Å². The highest BCUT2D eigenvalue weighted by molar-refractivity contribution is 7.98. The zero-order chi connectivity index (χ0) is 14.8. The summed E-state index contributed by atoms with van der Waals surface area (Å²) in [5.41, 5.74) is 2.13. The minimum Gasteiger partial charge on any atom is -0.312 e. The molecular weight excluding hydrogens is 325 g/mol. The summed E-state index contributed by atoms with van der Waals surface area (Å²) in [4.78, 5) is 2.79. The van der Waals surface area contributed by atoms with Gasteiger partial charge in [0.05, 0.1) is 0 Å². The molecule has 3 rings (SSSR count). The van der Waals surface area contributed by atoms with Crippen LogP contribution in [0.15, 0.2) is 24.3 Å². The van der Waals surface area contributed by atoms with Crippen LogP contribution in [0.2, 0.25) is 5.02 Å². The molecule has 1 N–H and O–H groups in total. The van der Waals surface area contributed by atoms with Crippen LogP contribution in [0.4, 0.5) is 4.39 Å². The quantitative estimate of drug-likeness (QED) is 0.854. The first-order valence-electron chi connectivity index (χ1n) is 6.98. The van der Waals surface area contributed by atoms with Gasteiger partial charge in [0.2, 0.25) is 0 Å².